The van der Waals surface area contributed by atoms with Gasteiger partial charge in [-0.3, -0.25) is 0 Å². The lowest BCUT2D eigenvalue weighted by atomic mass is 9.57. The van der Waals surface area contributed by atoms with Crippen molar-refractivity contribution in [1.29, 1.82) is 0 Å². The molecule has 0 amide bonds. The Balaban J connectivity index is 1.87. The summed E-state index contributed by atoms with van der Waals surface area (Å²) in [4.78, 5) is 0. The maximum Gasteiger partial charge on any atom is 0.0720 e. The maximum absolute atomic E-state index is 9.88. The van der Waals surface area contributed by atoms with Crippen molar-refractivity contribution in [1.82, 2.24) is 0 Å². The van der Waals surface area contributed by atoms with E-state index in [1.165, 1.54) is 5.56 Å². The molecule has 100 valence electrons. The Morgan fingerprint density at radius 1 is 1.33 bits per heavy atom. The lowest BCUT2D eigenvalue weighted by Crippen LogP contribution is -2.50. The molecular formula is C16H24O2. The number of benzene rings is 1. The zero-order valence-electron chi connectivity index (χ0n) is 11.6. The van der Waals surface area contributed by atoms with Crippen molar-refractivity contribution in [3.63, 3.8) is 0 Å². The van der Waals surface area contributed by atoms with Gasteiger partial charge < -0.3 is 9.84 Å². The highest BCUT2D eigenvalue weighted by Gasteiger charge is 2.48. The first-order valence-corrected chi connectivity index (χ1v) is 6.87. The van der Waals surface area contributed by atoms with Gasteiger partial charge in [0.05, 0.1) is 18.8 Å². The SMILES string of the molecule is CC(O)[C@@]1(C)CC[C@@H]1[C@@H](C)OCc1ccccc1. The van der Waals surface area contributed by atoms with Crippen LogP contribution in [0.3, 0.4) is 0 Å². The molecule has 2 heteroatoms. The van der Waals surface area contributed by atoms with E-state index in [0.717, 1.165) is 12.8 Å². The van der Waals surface area contributed by atoms with E-state index in [1.807, 2.05) is 25.1 Å². The van der Waals surface area contributed by atoms with E-state index in [2.05, 4.69) is 26.0 Å². The molecule has 0 bridgehead atoms. The summed E-state index contributed by atoms with van der Waals surface area (Å²) in [7, 11) is 0. The summed E-state index contributed by atoms with van der Waals surface area (Å²) in [5.74, 6) is 0.473. The molecule has 1 N–H and O–H groups in total. The molecule has 18 heavy (non-hydrogen) atoms. The third-order valence-electron chi connectivity index (χ3n) is 4.72. The second kappa shape index (κ2) is 5.41. The van der Waals surface area contributed by atoms with E-state index in [-0.39, 0.29) is 17.6 Å². The fourth-order valence-electron chi connectivity index (χ4n) is 2.97. The largest absolute Gasteiger partial charge is 0.393 e. The molecule has 0 spiro atoms. The molecule has 0 aromatic heterocycles. The van der Waals surface area contributed by atoms with Crippen LogP contribution in [0.5, 0.6) is 0 Å². The summed E-state index contributed by atoms with van der Waals surface area (Å²) in [5.41, 5.74) is 1.25. The topological polar surface area (TPSA) is 29.5 Å². The van der Waals surface area contributed by atoms with Gasteiger partial charge in [-0.25, -0.2) is 0 Å². The number of ether oxygens (including phenoxy) is 1. The van der Waals surface area contributed by atoms with Crippen LogP contribution in [0, 0.1) is 11.3 Å². The smallest absolute Gasteiger partial charge is 0.0720 e. The summed E-state index contributed by atoms with van der Waals surface area (Å²) >= 11 is 0. The van der Waals surface area contributed by atoms with E-state index in [1.54, 1.807) is 0 Å². The first kappa shape index (κ1) is 13.6. The Hall–Kier alpha value is -0.860. The van der Waals surface area contributed by atoms with Gasteiger partial charge in [-0.2, -0.15) is 0 Å². The van der Waals surface area contributed by atoms with Crippen LogP contribution in [-0.2, 0) is 11.3 Å². The molecule has 4 atom stereocenters. The summed E-state index contributed by atoms with van der Waals surface area (Å²) < 4.78 is 5.97. The van der Waals surface area contributed by atoms with Gasteiger partial charge >= 0.3 is 0 Å². The lowest BCUT2D eigenvalue weighted by Gasteiger charge is -2.51. The molecule has 1 aliphatic carbocycles. The Morgan fingerprint density at radius 3 is 2.50 bits per heavy atom. The normalized spacial score (nSPS) is 30.6. The van der Waals surface area contributed by atoms with Crippen LogP contribution in [0.2, 0.25) is 0 Å². The third kappa shape index (κ3) is 2.60. The van der Waals surface area contributed by atoms with Gasteiger partial charge in [0.2, 0.25) is 0 Å². The molecule has 0 aliphatic heterocycles. The monoisotopic (exact) mass is 248 g/mol. The minimum atomic E-state index is -0.251. The molecule has 0 radical (unpaired) electrons. The number of aliphatic hydroxyl groups is 1. The van der Waals surface area contributed by atoms with Crippen molar-refractivity contribution in [3.05, 3.63) is 35.9 Å². The molecule has 1 fully saturated rings. The van der Waals surface area contributed by atoms with Gasteiger partial charge in [0.15, 0.2) is 0 Å². The molecule has 1 unspecified atom stereocenters. The first-order chi connectivity index (χ1) is 8.54. The van der Waals surface area contributed by atoms with Crippen LogP contribution in [-0.4, -0.2) is 17.3 Å². The fraction of sp³-hybridized carbons (Fsp3) is 0.625. The number of aliphatic hydroxyl groups excluding tert-OH is 1. The van der Waals surface area contributed by atoms with Gasteiger partial charge in [-0.1, -0.05) is 37.3 Å². The minimum absolute atomic E-state index is 0.0378. The molecule has 0 heterocycles. The maximum atomic E-state index is 9.88. The third-order valence-corrected chi connectivity index (χ3v) is 4.72. The number of rotatable bonds is 5. The standard InChI is InChI=1S/C16H24O2/c1-12(15-9-10-16(15,3)13(2)17)18-11-14-7-5-4-6-8-14/h4-8,12-13,15,17H,9-11H2,1-3H3/t12-,13?,15-,16-/m1/s1. The summed E-state index contributed by atoms with van der Waals surface area (Å²) in [5, 5.41) is 9.88. The van der Waals surface area contributed by atoms with Crippen molar-refractivity contribution >= 4 is 0 Å². The van der Waals surface area contributed by atoms with Crippen molar-refractivity contribution in [2.45, 2.75) is 52.4 Å². The predicted octanol–water partition coefficient (Wildman–Crippen LogP) is 3.39. The summed E-state index contributed by atoms with van der Waals surface area (Å²) in [6.45, 7) is 6.87. The number of hydrogen-bond acceptors (Lipinski definition) is 2. The second-order valence-corrected chi connectivity index (χ2v) is 5.83. The van der Waals surface area contributed by atoms with Gasteiger partial charge in [-0.15, -0.1) is 0 Å². The van der Waals surface area contributed by atoms with Gasteiger partial charge in [0.1, 0.15) is 0 Å². The average molecular weight is 248 g/mol. The highest BCUT2D eigenvalue weighted by molar-refractivity contribution is 5.13. The first-order valence-electron chi connectivity index (χ1n) is 6.87. The Morgan fingerprint density at radius 2 is 2.00 bits per heavy atom. The van der Waals surface area contributed by atoms with Crippen molar-refractivity contribution < 1.29 is 9.84 Å². The predicted molar refractivity (Wildman–Crippen MR) is 73.2 cm³/mol. The van der Waals surface area contributed by atoms with E-state index < -0.39 is 0 Å². The highest BCUT2D eigenvalue weighted by Crippen LogP contribution is 2.51. The van der Waals surface area contributed by atoms with Crippen LogP contribution in [0.4, 0.5) is 0 Å². The second-order valence-electron chi connectivity index (χ2n) is 5.83. The van der Waals surface area contributed by atoms with Crippen molar-refractivity contribution in [3.8, 4) is 0 Å². The molecule has 1 aromatic rings. The molecule has 2 nitrogen and oxygen atoms in total. The van der Waals surface area contributed by atoms with Crippen LogP contribution >= 0.6 is 0 Å². The van der Waals surface area contributed by atoms with Crippen LogP contribution < -0.4 is 0 Å². The van der Waals surface area contributed by atoms with E-state index in [0.29, 0.717) is 12.5 Å². The van der Waals surface area contributed by atoms with Gasteiger partial charge in [0, 0.05) is 0 Å². The summed E-state index contributed by atoms with van der Waals surface area (Å²) in [6, 6.07) is 10.3. The Bertz CT molecular complexity index is 374. The van der Waals surface area contributed by atoms with E-state index in [9.17, 15) is 5.11 Å². The van der Waals surface area contributed by atoms with Crippen molar-refractivity contribution in [2.75, 3.05) is 0 Å². The minimum Gasteiger partial charge on any atom is -0.393 e. The summed E-state index contributed by atoms with van der Waals surface area (Å²) in [6.07, 6.45) is 2.23. The average Bonchev–Trinajstić information content (AvgIpc) is 2.35. The zero-order valence-corrected chi connectivity index (χ0v) is 11.6. The van der Waals surface area contributed by atoms with Gasteiger partial charge in [0.25, 0.3) is 0 Å². The lowest BCUT2D eigenvalue weighted by molar-refractivity contribution is -0.132. The highest BCUT2D eigenvalue weighted by atomic mass is 16.5. The van der Waals surface area contributed by atoms with E-state index >= 15 is 0 Å². The van der Waals surface area contributed by atoms with Crippen LogP contribution in [0.25, 0.3) is 0 Å². The molecule has 0 saturated heterocycles. The Kier molecular flexibility index (Phi) is 4.08. The van der Waals surface area contributed by atoms with E-state index in [4.69, 9.17) is 4.74 Å². The number of hydrogen-bond donors (Lipinski definition) is 1. The molecule has 1 aliphatic rings. The van der Waals surface area contributed by atoms with Gasteiger partial charge in [-0.05, 0) is 43.6 Å². The molecular weight excluding hydrogens is 224 g/mol. The van der Waals surface area contributed by atoms with Crippen molar-refractivity contribution in [2.24, 2.45) is 11.3 Å². The molecule has 1 saturated carbocycles. The molecule has 1 aromatic carbocycles. The zero-order chi connectivity index (χ0) is 13.2. The van der Waals surface area contributed by atoms with Crippen LogP contribution in [0.15, 0.2) is 30.3 Å². The fourth-order valence-corrected chi connectivity index (χ4v) is 2.97. The van der Waals surface area contributed by atoms with Crippen LogP contribution in [0.1, 0.15) is 39.2 Å². The quantitative estimate of drug-likeness (QED) is 0.865. The molecule has 2 rings (SSSR count). The Labute approximate surface area is 110 Å².